The number of aliphatic hydroxyl groups excluding tert-OH is 1. The Bertz CT molecular complexity index is 409. The van der Waals surface area contributed by atoms with Crippen LogP contribution in [0.3, 0.4) is 0 Å². The van der Waals surface area contributed by atoms with E-state index in [0.29, 0.717) is 6.42 Å². The predicted molar refractivity (Wildman–Crippen MR) is 116 cm³/mol. The summed E-state index contributed by atoms with van der Waals surface area (Å²) in [6.07, 6.45) is 20.7. The van der Waals surface area contributed by atoms with Crippen molar-refractivity contribution in [3.63, 3.8) is 0 Å². The van der Waals surface area contributed by atoms with E-state index in [0.717, 1.165) is 25.7 Å². The first-order valence-electron chi connectivity index (χ1n) is 11.5. The van der Waals surface area contributed by atoms with Gasteiger partial charge in [-0.15, -0.1) is 0 Å². The number of unbranched alkanes of at least 4 members (excludes halogenated alkanes) is 13. The quantitative estimate of drug-likeness (QED) is 0.175. The summed E-state index contributed by atoms with van der Waals surface area (Å²) in [5.74, 6) is 0. The fourth-order valence-corrected chi connectivity index (χ4v) is 3.97. The number of hydrogen-bond acceptors (Lipinski definition) is 3. The molecule has 2 atom stereocenters. The van der Waals surface area contributed by atoms with Crippen LogP contribution in [0.2, 0.25) is 0 Å². The molecule has 4 nitrogen and oxygen atoms in total. The molecule has 27 heavy (non-hydrogen) atoms. The monoisotopic (exact) mass is 406 g/mol. The fraction of sp³-hybridized carbons (Fsp3) is 1.00. The second-order valence-electron chi connectivity index (χ2n) is 8.30. The van der Waals surface area contributed by atoms with Gasteiger partial charge in [-0.3, -0.25) is 4.55 Å². The third-order valence-electron chi connectivity index (χ3n) is 5.55. The van der Waals surface area contributed by atoms with Crippen molar-refractivity contribution in [1.82, 2.24) is 0 Å². The van der Waals surface area contributed by atoms with Crippen molar-refractivity contribution in [3.05, 3.63) is 0 Å². The van der Waals surface area contributed by atoms with E-state index in [1.165, 1.54) is 83.5 Å². The topological polar surface area (TPSA) is 74.6 Å². The van der Waals surface area contributed by atoms with Crippen molar-refractivity contribution >= 4 is 10.1 Å². The molecule has 0 heterocycles. The Morgan fingerprint density at radius 2 is 0.963 bits per heavy atom. The van der Waals surface area contributed by atoms with Gasteiger partial charge in [0.2, 0.25) is 0 Å². The molecule has 0 bridgehead atoms. The molecule has 5 heteroatoms. The third kappa shape index (κ3) is 19.0. The minimum atomic E-state index is -3.84. The van der Waals surface area contributed by atoms with E-state index in [1.54, 1.807) is 6.92 Å². The average molecular weight is 407 g/mol. The highest BCUT2D eigenvalue weighted by Crippen LogP contribution is 2.15. The molecule has 0 saturated carbocycles. The normalized spacial score (nSPS) is 14.4. The van der Waals surface area contributed by atoms with Gasteiger partial charge in [-0.25, -0.2) is 0 Å². The SMILES string of the molecule is CCCCCC(O)CCCCCCCCCCCCCCC(C)S(=O)(=O)O. The second-order valence-corrected chi connectivity index (χ2v) is 10.1. The lowest BCUT2D eigenvalue weighted by Crippen LogP contribution is -2.16. The van der Waals surface area contributed by atoms with Crippen LogP contribution in [0.1, 0.15) is 129 Å². The van der Waals surface area contributed by atoms with Crippen LogP contribution in [-0.4, -0.2) is 29.4 Å². The summed E-state index contributed by atoms with van der Waals surface area (Å²) in [7, 11) is -3.84. The molecule has 2 N–H and O–H groups in total. The Morgan fingerprint density at radius 1 is 0.630 bits per heavy atom. The zero-order valence-electron chi connectivity index (χ0n) is 18.0. The molecular weight excluding hydrogens is 360 g/mol. The van der Waals surface area contributed by atoms with Gasteiger partial charge in [-0.05, 0) is 26.2 Å². The Kier molecular flexibility index (Phi) is 17.8. The van der Waals surface area contributed by atoms with E-state index >= 15 is 0 Å². The van der Waals surface area contributed by atoms with Gasteiger partial charge in [0.15, 0.2) is 0 Å². The summed E-state index contributed by atoms with van der Waals surface area (Å²) in [4.78, 5) is 0. The minimum Gasteiger partial charge on any atom is -0.393 e. The van der Waals surface area contributed by atoms with Gasteiger partial charge >= 0.3 is 0 Å². The van der Waals surface area contributed by atoms with Gasteiger partial charge < -0.3 is 5.11 Å². The van der Waals surface area contributed by atoms with Gasteiger partial charge in [-0.2, -0.15) is 8.42 Å². The summed E-state index contributed by atoms with van der Waals surface area (Å²) < 4.78 is 30.7. The highest BCUT2D eigenvalue weighted by atomic mass is 32.2. The maximum atomic E-state index is 10.9. The van der Waals surface area contributed by atoms with Crippen molar-refractivity contribution in [2.75, 3.05) is 0 Å². The summed E-state index contributed by atoms with van der Waals surface area (Å²) >= 11 is 0. The molecule has 164 valence electrons. The lowest BCUT2D eigenvalue weighted by atomic mass is 10.0. The van der Waals surface area contributed by atoms with Crippen molar-refractivity contribution in [3.8, 4) is 0 Å². The highest BCUT2D eigenvalue weighted by Gasteiger charge is 2.15. The molecule has 0 rings (SSSR count). The molecule has 0 fully saturated rings. The summed E-state index contributed by atoms with van der Waals surface area (Å²) in [5.41, 5.74) is 0. The highest BCUT2D eigenvalue weighted by molar-refractivity contribution is 7.86. The van der Waals surface area contributed by atoms with Gasteiger partial charge in [0.1, 0.15) is 0 Å². The lowest BCUT2D eigenvalue weighted by Gasteiger charge is -2.09. The summed E-state index contributed by atoms with van der Waals surface area (Å²) in [6.45, 7) is 3.77. The lowest BCUT2D eigenvalue weighted by molar-refractivity contribution is 0.147. The standard InChI is InChI=1S/C22H46O4S/c1-3-4-15-19-22(23)20-17-14-12-10-8-6-5-7-9-11-13-16-18-21(2)27(24,25)26/h21-23H,3-20H2,1-2H3,(H,24,25,26). The van der Waals surface area contributed by atoms with Crippen LogP contribution in [0.4, 0.5) is 0 Å². The van der Waals surface area contributed by atoms with Crippen LogP contribution in [0.25, 0.3) is 0 Å². The summed E-state index contributed by atoms with van der Waals surface area (Å²) in [5, 5.41) is 9.25. The smallest absolute Gasteiger partial charge is 0.267 e. The predicted octanol–water partition coefficient (Wildman–Crippen LogP) is 6.67. The molecule has 0 aliphatic rings. The Balaban J connectivity index is 3.21. The van der Waals surface area contributed by atoms with Gasteiger partial charge in [0.05, 0.1) is 11.4 Å². The number of hydrogen-bond donors (Lipinski definition) is 2. The van der Waals surface area contributed by atoms with Crippen LogP contribution < -0.4 is 0 Å². The average Bonchev–Trinajstić information content (AvgIpc) is 2.61. The zero-order valence-corrected chi connectivity index (χ0v) is 18.8. The number of rotatable bonds is 20. The fourth-order valence-electron chi connectivity index (χ4n) is 3.50. The van der Waals surface area contributed by atoms with Crippen molar-refractivity contribution in [2.24, 2.45) is 0 Å². The number of aliphatic hydroxyl groups is 1. The van der Waals surface area contributed by atoms with Gasteiger partial charge in [-0.1, -0.05) is 103 Å². The molecule has 0 aliphatic carbocycles. The molecule has 2 unspecified atom stereocenters. The van der Waals surface area contributed by atoms with E-state index in [9.17, 15) is 13.5 Å². The molecule has 0 aromatic carbocycles. The van der Waals surface area contributed by atoms with Gasteiger partial charge in [0.25, 0.3) is 10.1 Å². The molecule has 0 aromatic heterocycles. The Morgan fingerprint density at radius 3 is 1.33 bits per heavy atom. The van der Waals surface area contributed by atoms with Gasteiger partial charge in [0, 0.05) is 0 Å². The van der Waals surface area contributed by atoms with E-state index in [-0.39, 0.29) is 6.10 Å². The minimum absolute atomic E-state index is 0.0761. The molecular formula is C22H46O4S. The first-order valence-corrected chi connectivity index (χ1v) is 13.0. The second kappa shape index (κ2) is 17.9. The van der Waals surface area contributed by atoms with Crippen LogP contribution >= 0.6 is 0 Å². The first kappa shape index (κ1) is 26.9. The maximum absolute atomic E-state index is 10.9. The van der Waals surface area contributed by atoms with Crippen molar-refractivity contribution < 1.29 is 18.1 Å². The van der Waals surface area contributed by atoms with E-state index < -0.39 is 15.4 Å². The molecule has 0 radical (unpaired) electrons. The summed E-state index contributed by atoms with van der Waals surface area (Å²) in [6, 6.07) is 0. The van der Waals surface area contributed by atoms with E-state index in [1.807, 2.05) is 0 Å². The largest absolute Gasteiger partial charge is 0.393 e. The van der Waals surface area contributed by atoms with E-state index in [4.69, 9.17) is 4.55 Å². The molecule has 0 aliphatic heterocycles. The molecule has 0 aromatic rings. The Hall–Kier alpha value is -0.130. The molecule has 0 amide bonds. The van der Waals surface area contributed by atoms with Crippen LogP contribution in [0.5, 0.6) is 0 Å². The maximum Gasteiger partial charge on any atom is 0.267 e. The first-order chi connectivity index (χ1) is 12.9. The third-order valence-corrected chi connectivity index (χ3v) is 6.80. The van der Waals surface area contributed by atoms with Crippen LogP contribution in [0, 0.1) is 0 Å². The van der Waals surface area contributed by atoms with Crippen molar-refractivity contribution in [1.29, 1.82) is 0 Å². The Labute approximate surface area is 169 Å². The van der Waals surface area contributed by atoms with E-state index in [2.05, 4.69) is 6.92 Å². The van der Waals surface area contributed by atoms with Crippen molar-refractivity contribution in [2.45, 2.75) is 141 Å². The molecule has 0 saturated heterocycles. The van der Waals surface area contributed by atoms with Crippen LogP contribution in [-0.2, 0) is 10.1 Å². The zero-order chi connectivity index (χ0) is 20.4. The van der Waals surface area contributed by atoms with Crippen LogP contribution in [0.15, 0.2) is 0 Å². The molecule has 0 spiro atoms.